The average molecular weight is 304 g/mol. The highest BCUT2D eigenvalue weighted by Gasteiger charge is 2.31. The molecule has 1 aromatic carbocycles. The maximum atomic E-state index is 12.4. The number of urea groups is 1. The number of nitrogens with zero attached hydrogens (tertiary/aromatic N) is 1. The van der Waals surface area contributed by atoms with Gasteiger partial charge in [-0.05, 0) is 56.4 Å². The highest BCUT2D eigenvalue weighted by Crippen LogP contribution is 2.24. The summed E-state index contributed by atoms with van der Waals surface area (Å²) in [5, 5.41) is 12.4. The van der Waals surface area contributed by atoms with Gasteiger partial charge in [0.05, 0.1) is 12.6 Å². The van der Waals surface area contributed by atoms with Gasteiger partial charge >= 0.3 is 6.03 Å². The molecule has 0 bridgehead atoms. The lowest BCUT2D eigenvalue weighted by molar-refractivity contribution is 0.0811. The Balaban J connectivity index is 2.11. The zero-order chi connectivity index (χ0) is 16.3. The molecule has 1 aromatic rings. The number of ketones is 1. The number of carbonyl (C=O) groups is 2. The number of hydrogen-bond acceptors (Lipinski definition) is 3. The first-order valence-electron chi connectivity index (χ1n) is 7.74. The van der Waals surface area contributed by atoms with Gasteiger partial charge in [0.1, 0.15) is 0 Å². The number of benzene rings is 1. The summed E-state index contributed by atoms with van der Waals surface area (Å²) in [6.07, 6.45) is 1.98. The number of likely N-dealkylation sites (tertiary alicyclic amines) is 1. The van der Waals surface area contributed by atoms with E-state index in [2.05, 4.69) is 12.2 Å². The minimum atomic E-state index is -0.194. The smallest absolute Gasteiger partial charge is 0.322 e. The lowest BCUT2D eigenvalue weighted by atomic mass is 9.91. The normalized spacial score (nSPS) is 21.5. The highest BCUT2D eigenvalue weighted by molar-refractivity contribution is 5.97. The van der Waals surface area contributed by atoms with Crippen molar-refractivity contribution in [3.05, 3.63) is 29.3 Å². The Kier molecular flexibility index (Phi) is 5.19. The topological polar surface area (TPSA) is 69.6 Å². The Labute approximate surface area is 131 Å². The Morgan fingerprint density at radius 3 is 2.73 bits per heavy atom. The molecule has 2 N–H and O–H groups in total. The quantitative estimate of drug-likeness (QED) is 0.844. The molecular weight excluding hydrogens is 280 g/mol. The number of aryl methyl sites for hydroxylation is 1. The third-order valence-corrected chi connectivity index (χ3v) is 4.42. The summed E-state index contributed by atoms with van der Waals surface area (Å²) in [6.45, 7) is 6.09. The van der Waals surface area contributed by atoms with Crippen LogP contribution in [-0.4, -0.2) is 41.0 Å². The van der Waals surface area contributed by atoms with Gasteiger partial charge in [0.25, 0.3) is 0 Å². The van der Waals surface area contributed by atoms with E-state index < -0.39 is 0 Å². The standard InChI is InChI=1S/C17H24N2O3/c1-11-5-4-8-19(16(11)10-20)17(22)18-14-6-7-15(13(3)21)12(2)9-14/h6-7,9,11,16,20H,4-5,8,10H2,1-3H3,(H,18,22). The number of aliphatic hydroxyl groups is 1. The van der Waals surface area contributed by atoms with Crippen molar-refractivity contribution in [3.8, 4) is 0 Å². The minimum Gasteiger partial charge on any atom is -0.394 e. The predicted molar refractivity (Wildman–Crippen MR) is 86.2 cm³/mol. The fourth-order valence-corrected chi connectivity index (χ4v) is 3.11. The third-order valence-electron chi connectivity index (χ3n) is 4.42. The summed E-state index contributed by atoms with van der Waals surface area (Å²) < 4.78 is 0. The fourth-order valence-electron chi connectivity index (χ4n) is 3.11. The van der Waals surface area contributed by atoms with E-state index in [0.29, 0.717) is 23.7 Å². The summed E-state index contributed by atoms with van der Waals surface area (Å²) in [5.41, 5.74) is 2.18. The molecule has 0 saturated carbocycles. The Morgan fingerprint density at radius 2 is 2.14 bits per heavy atom. The SMILES string of the molecule is CC(=O)c1ccc(NC(=O)N2CCCC(C)C2CO)cc1C. The molecule has 1 aliphatic heterocycles. The van der Waals surface area contributed by atoms with E-state index in [1.165, 1.54) is 6.92 Å². The molecule has 2 atom stereocenters. The van der Waals surface area contributed by atoms with E-state index >= 15 is 0 Å². The Bertz CT molecular complexity index is 571. The summed E-state index contributed by atoms with van der Waals surface area (Å²) in [6, 6.07) is 4.95. The zero-order valence-corrected chi connectivity index (χ0v) is 13.4. The van der Waals surface area contributed by atoms with Crippen molar-refractivity contribution in [2.24, 2.45) is 5.92 Å². The molecule has 0 aromatic heterocycles. The van der Waals surface area contributed by atoms with Gasteiger partial charge in [-0.1, -0.05) is 6.92 Å². The van der Waals surface area contributed by atoms with Crippen LogP contribution in [0.5, 0.6) is 0 Å². The van der Waals surface area contributed by atoms with Gasteiger partial charge in [0, 0.05) is 17.8 Å². The summed E-state index contributed by atoms with van der Waals surface area (Å²) in [4.78, 5) is 25.6. The molecule has 1 aliphatic rings. The molecule has 2 unspecified atom stereocenters. The van der Waals surface area contributed by atoms with E-state index in [0.717, 1.165) is 18.4 Å². The van der Waals surface area contributed by atoms with E-state index in [9.17, 15) is 14.7 Å². The maximum Gasteiger partial charge on any atom is 0.322 e. The molecule has 120 valence electrons. The first-order chi connectivity index (χ1) is 10.4. The number of rotatable bonds is 3. The first kappa shape index (κ1) is 16.5. The van der Waals surface area contributed by atoms with Crippen LogP contribution in [0.1, 0.15) is 42.6 Å². The van der Waals surface area contributed by atoms with Crippen LogP contribution in [0.4, 0.5) is 10.5 Å². The molecule has 0 radical (unpaired) electrons. The fraction of sp³-hybridized carbons (Fsp3) is 0.529. The summed E-state index contributed by atoms with van der Waals surface area (Å²) in [7, 11) is 0. The second-order valence-corrected chi connectivity index (χ2v) is 6.08. The first-order valence-corrected chi connectivity index (χ1v) is 7.74. The number of anilines is 1. The maximum absolute atomic E-state index is 12.4. The molecule has 2 rings (SSSR count). The number of carbonyl (C=O) groups excluding carboxylic acids is 2. The predicted octanol–water partition coefficient (Wildman–Crippen LogP) is 2.82. The molecule has 22 heavy (non-hydrogen) atoms. The molecule has 1 fully saturated rings. The van der Waals surface area contributed by atoms with Crippen LogP contribution in [0.25, 0.3) is 0 Å². The molecule has 5 heteroatoms. The van der Waals surface area contributed by atoms with Crippen LogP contribution >= 0.6 is 0 Å². The van der Waals surface area contributed by atoms with Gasteiger partial charge < -0.3 is 15.3 Å². The van der Waals surface area contributed by atoms with Crippen molar-refractivity contribution >= 4 is 17.5 Å². The van der Waals surface area contributed by atoms with E-state index in [-0.39, 0.29) is 24.5 Å². The third kappa shape index (κ3) is 3.47. The van der Waals surface area contributed by atoms with Gasteiger partial charge in [-0.25, -0.2) is 4.79 Å². The van der Waals surface area contributed by atoms with Crippen molar-refractivity contribution in [1.82, 2.24) is 4.90 Å². The van der Waals surface area contributed by atoms with Crippen LogP contribution < -0.4 is 5.32 Å². The Hall–Kier alpha value is -1.88. The van der Waals surface area contributed by atoms with Gasteiger partial charge in [0.15, 0.2) is 5.78 Å². The lowest BCUT2D eigenvalue weighted by Gasteiger charge is -2.38. The number of nitrogens with one attached hydrogen (secondary N) is 1. The van der Waals surface area contributed by atoms with Crippen LogP contribution in [0.2, 0.25) is 0 Å². The molecule has 2 amide bonds. The van der Waals surface area contributed by atoms with Gasteiger partial charge in [-0.2, -0.15) is 0 Å². The van der Waals surface area contributed by atoms with Gasteiger partial charge in [0.2, 0.25) is 0 Å². The molecule has 1 saturated heterocycles. The van der Waals surface area contributed by atoms with Gasteiger partial charge in [-0.3, -0.25) is 4.79 Å². The van der Waals surface area contributed by atoms with Crippen LogP contribution in [0.3, 0.4) is 0 Å². The number of Topliss-reactive ketones (excluding diaryl/α,β-unsaturated/α-hetero) is 1. The van der Waals surface area contributed by atoms with E-state index in [1.54, 1.807) is 23.1 Å². The number of hydrogen-bond donors (Lipinski definition) is 2. The number of piperidine rings is 1. The van der Waals surface area contributed by atoms with E-state index in [1.807, 2.05) is 6.92 Å². The second kappa shape index (κ2) is 6.92. The molecule has 0 spiro atoms. The zero-order valence-electron chi connectivity index (χ0n) is 13.4. The largest absolute Gasteiger partial charge is 0.394 e. The van der Waals surface area contributed by atoms with Gasteiger partial charge in [-0.15, -0.1) is 0 Å². The van der Waals surface area contributed by atoms with Crippen molar-refractivity contribution < 1.29 is 14.7 Å². The molecule has 5 nitrogen and oxygen atoms in total. The summed E-state index contributed by atoms with van der Waals surface area (Å²) in [5.74, 6) is 0.312. The van der Waals surface area contributed by atoms with E-state index in [4.69, 9.17) is 0 Å². The minimum absolute atomic E-state index is 0.0144. The van der Waals surface area contributed by atoms with Crippen molar-refractivity contribution in [2.75, 3.05) is 18.5 Å². The van der Waals surface area contributed by atoms with Crippen molar-refractivity contribution in [1.29, 1.82) is 0 Å². The lowest BCUT2D eigenvalue weighted by Crippen LogP contribution is -2.51. The number of amides is 2. The van der Waals surface area contributed by atoms with Crippen molar-refractivity contribution in [3.63, 3.8) is 0 Å². The molecule has 0 aliphatic carbocycles. The second-order valence-electron chi connectivity index (χ2n) is 6.08. The van der Waals surface area contributed by atoms with Crippen molar-refractivity contribution in [2.45, 2.75) is 39.7 Å². The van der Waals surface area contributed by atoms with Crippen LogP contribution in [0.15, 0.2) is 18.2 Å². The average Bonchev–Trinajstić information content (AvgIpc) is 2.46. The highest BCUT2D eigenvalue weighted by atomic mass is 16.3. The number of aliphatic hydroxyl groups excluding tert-OH is 1. The monoisotopic (exact) mass is 304 g/mol. The molecular formula is C17H24N2O3. The molecule has 1 heterocycles. The van der Waals surface area contributed by atoms with Crippen LogP contribution in [-0.2, 0) is 0 Å². The summed E-state index contributed by atoms with van der Waals surface area (Å²) >= 11 is 0. The Morgan fingerprint density at radius 1 is 1.41 bits per heavy atom. The van der Waals surface area contributed by atoms with Crippen LogP contribution in [0, 0.1) is 12.8 Å².